The van der Waals surface area contributed by atoms with Crippen LogP contribution in [0.1, 0.15) is 34.1 Å². The predicted molar refractivity (Wildman–Crippen MR) is 65.6 cm³/mol. The molecule has 0 saturated carbocycles. The molecule has 1 amide bonds. The second kappa shape index (κ2) is 5.52. The second-order valence-electron chi connectivity index (χ2n) is 5.53. The molecule has 1 unspecified atom stereocenters. The largest absolute Gasteiger partial charge is 0.446 e. The van der Waals surface area contributed by atoms with Gasteiger partial charge in [0.2, 0.25) is 0 Å². The zero-order chi connectivity index (χ0) is 13.1. The van der Waals surface area contributed by atoms with E-state index >= 15 is 0 Å². The first kappa shape index (κ1) is 14.0. The van der Waals surface area contributed by atoms with E-state index in [0.717, 1.165) is 6.42 Å². The highest BCUT2D eigenvalue weighted by molar-refractivity contribution is 5.68. The number of carbonyl (C=O) groups is 1. The molecule has 0 N–H and O–H groups in total. The zero-order valence-corrected chi connectivity index (χ0v) is 11.1. The van der Waals surface area contributed by atoms with Gasteiger partial charge in [0.05, 0.1) is 0 Å². The predicted octanol–water partition coefficient (Wildman–Crippen LogP) is 3.16. The van der Waals surface area contributed by atoms with E-state index < -0.39 is 12.3 Å². The van der Waals surface area contributed by atoms with Gasteiger partial charge in [0, 0.05) is 13.1 Å². The Morgan fingerprint density at radius 3 is 2.65 bits per heavy atom. The summed E-state index contributed by atoms with van der Waals surface area (Å²) in [5.74, 6) is 0. The molecule has 0 aromatic rings. The summed E-state index contributed by atoms with van der Waals surface area (Å²) < 4.78 is 17.4. The molecule has 0 aliphatic carbocycles. The highest BCUT2D eigenvalue weighted by atomic mass is 19.1. The van der Waals surface area contributed by atoms with Crippen LogP contribution in [0.25, 0.3) is 0 Å². The van der Waals surface area contributed by atoms with Crippen molar-refractivity contribution >= 4 is 6.09 Å². The van der Waals surface area contributed by atoms with E-state index in [2.05, 4.69) is 26.8 Å². The lowest BCUT2D eigenvalue weighted by atomic mass is 9.83. The van der Waals surface area contributed by atoms with Crippen LogP contribution >= 0.6 is 0 Å². The van der Waals surface area contributed by atoms with Crippen molar-refractivity contribution < 1.29 is 13.9 Å². The number of carbonyl (C=O) groups excluding carboxylic acids is 1. The third-order valence-corrected chi connectivity index (χ3v) is 2.87. The molecule has 1 aliphatic rings. The molecule has 0 spiro atoms. The lowest BCUT2D eigenvalue weighted by Crippen LogP contribution is -2.37. The number of ether oxygens (including phenoxy) is 1. The maximum absolute atomic E-state index is 12.5. The molecular weight excluding hydrogens is 221 g/mol. The Morgan fingerprint density at radius 2 is 2.24 bits per heavy atom. The van der Waals surface area contributed by atoms with Crippen LogP contribution in [0.3, 0.4) is 0 Å². The minimum absolute atomic E-state index is 0.156. The number of hydrogen-bond donors (Lipinski definition) is 0. The maximum atomic E-state index is 12.5. The molecule has 1 heterocycles. The molecule has 0 fully saturated rings. The lowest BCUT2D eigenvalue weighted by molar-refractivity contribution is 0.0829. The fraction of sp³-hybridized carbons (Fsp3) is 0.769. The van der Waals surface area contributed by atoms with E-state index in [-0.39, 0.29) is 12.0 Å². The van der Waals surface area contributed by atoms with Gasteiger partial charge in [-0.2, -0.15) is 0 Å². The van der Waals surface area contributed by atoms with Crippen molar-refractivity contribution in [2.45, 2.75) is 40.3 Å². The molecule has 1 atom stereocenters. The Hall–Kier alpha value is -1.06. The fourth-order valence-electron chi connectivity index (χ4n) is 1.79. The van der Waals surface area contributed by atoms with Crippen LogP contribution < -0.4 is 0 Å². The van der Waals surface area contributed by atoms with Crippen LogP contribution in [0, 0.1) is 5.41 Å². The molecule has 0 bridgehead atoms. The van der Waals surface area contributed by atoms with Gasteiger partial charge < -0.3 is 9.64 Å². The van der Waals surface area contributed by atoms with Crippen molar-refractivity contribution in [2.24, 2.45) is 5.41 Å². The quantitative estimate of drug-likeness (QED) is 0.697. The Balaban J connectivity index is 2.46. The van der Waals surface area contributed by atoms with Crippen molar-refractivity contribution in [2.75, 3.05) is 19.7 Å². The second-order valence-corrected chi connectivity index (χ2v) is 5.53. The first-order chi connectivity index (χ1) is 7.80. The number of alkyl halides is 1. The molecule has 0 radical (unpaired) electrons. The van der Waals surface area contributed by atoms with E-state index in [1.165, 1.54) is 12.5 Å². The molecule has 1 aliphatic heterocycles. The normalized spacial score (nSPS) is 18.6. The van der Waals surface area contributed by atoms with Gasteiger partial charge in [-0.15, -0.1) is 0 Å². The fourth-order valence-corrected chi connectivity index (χ4v) is 1.79. The molecule has 4 heteroatoms. The summed E-state index contributed by atoms with van der Waals surface area (Å²) in [5.41, 5.74) is 1.52. The summed E-state index contributed by atoms with van der Waals surface area (Å²) in [5, 5.41) is 0. The van der Waals surface area contributed by atoms with Gasteiger partial charge in [-0.1, -0.05) is 32.4 Å². The molecule has 17 heavy (non-hydrogen) atoms. The molecular formula is C13H22FNO2. The van der Waals surface area contributed by atoms with Crippen molar-refractivity contribution in [3.8, 4) is 0 Å². The van der Waals surface area contributed by atoms with Gasteiger partial charge in [-0.05, 0) is 18.8 Å². The zero-order valence-electron chi connectivity index (χ0n) is 11.1. The summed E-state index contributed by atoms with van der Waals surface area (Å²) >= 11 is 0. The number of halogens is 1. The van der Waals surface area contributed by atoms with Gasteiger partial charge in [0.1, 0.15) is 12.8 Å². The van der Waals surface area contributed by atoms with E-state index in [0.29, 0.717) is 13.1 Å². The Kier molecular flexibility index (Phi) is 4.54. The van der Waals surface area contributed by atoms with E-state index in [1.807, 2.05) is 0 Å². The molecule has 0 aromatic heterocycles. The number of amides is 1. The van der Waals surface area contributed by atoms with Crippen LogP contribution in [0.4, 0.5) is 9.18 Å². The summed E-state index contributed by atoms with van der Waals surface area (Å²) in [6.45, 7) is 8.92. The maximum Gasteiger partial charge on any atom is 0.410 e. The van der Waals surface area contributed by atoms with Gasteiger partial charge in [0.15, 0.2) is 0 Å². The Labute approximate surface area is 103 Å². The van der Waals surface area contributed by atoms with Crippen LogP contribution in [0.2, 0.25) is 0 Å². The third-order valence-electron chi connectivity index (χ3n) is 2.87. The van der Waals surface area contributed by atoms with E-state index in [4.69, 9.17) is 4.74 Å². The van der Waals surface area contributed by atoms with E-state index in [1.54, 1.807) is 4.90 Å². The molecule has 0 aromatic carbocycles. The van der Waals surface area contributed by atoms with Gasteiger partial charge in [-0.25, -0.2) is 9.18 Å². The Bertz CT molecular complexity index is 305. The van der Waals surface area contributed by atoms with Crippen molar-refractivity contribution in [1.82, 2.24) is 4.90 Å². The average molecular weight is 243 g/mol. The first-order valence-corrected chi connectivity index (χ1v) is 6.06. The minimum atomic E-state index is -1.11. The number of nitrogens with zero attached hydrogens (tertiary/aromatic N) is 1. The van der Waals surface area contributed by atoms with Crippen LogP contribution in [-0.2, 0) is 4.74 Å². The first-order valence-electron chi connectivity index (χ1n) is 6.06. The summed E-state index contributed by atoms with van der Waals surface area (Å²) in [6.07, 6.45) is 1.41. The van der Waals surface area contributed by atoms with Gasteiger partial charge in [-0.3, -0.25) is 0 Å². The smallest absolute Gasteiger partial charge is 0.410 e. The topological polar surface area (TPSA) is 29.5 Å². The summed E-state index contributed by atoms with van der Waals surface area (Å²) in [7, 11) is 0. The monoisotopic (exact) mass is 243 g/mol. The van der Waals surface area contributed by atoms with Crippen molar-refractivity contribution in [1.29, 1.82) is 0 Å². The summed E-state index contributed by atoms with van der Waals surface area (Å²) in [4.78, 5) is 13.2. The van der Waals surface area contributed by atoms with Gasteiger partial charge >= 0.3 is 6.09 Å². The standard InChI is InChI=1S/C13H22FNO2/c1-10(14)9-17-12(16)15-7-5-11(6-8-15)13(2,3)4/h5,10H,6-9H2,1-4H3. The van der Waals surface area contributed by atoms with Crippen molar-refractivity contribution in [3.05, 3.63) is 11.6 Å². The molecule has 98 valence electrons. The Morgan fingerprint density at radius 1 is 1.59 bits per heavy atom. The molecule has 0 saturated heterocycles. The third kappa shape index (κ3) is 4.36. The SMILES string of the molecule is CC(F)COC(=O)N1CC=C(C(C)(C)C)CC1. The van der Waals surface area contributed by atoms with E-state index in [9.17, 15) is 9.18 Å². The minimum Gasteiger partial charge on any atom is -0.446 e. The average Bonchev–Trinajstić information content (AvgIpc) is 2.25. The van der Waals surface area contributed by atoms with Crippen LogP contribution in [-0.4, -0.2) is 36.9 Å². The number of rotatable bonds is 2. The lowest BCUT2D eigenvalue weighted by Gasteiger charge is -2.31. The highest BCUT2D eigenvalue weighted by Gasteiger charge is 2.24. The van der Waals surface area contributed by atoms with Gasteiger partial charge in [0.25, 0.3) is 0 Å². The van der Waals surface area contributed by atoms with Crippen LogP contribution in [0.5, 0.6) is 0 Å². The highest BCUT2D eigenvalue weighted by Crippen LogP contribution is 2.30. The molecule has 3 nitrogen and oxygen atoms in total. The molecule has 1 rings (SSSR count). The van der Waals surface area contributed by atoms with Crippen LogP contribution in [0.15, 0.2) is 11.6 Å². The van der Waals surface area contributed by atoms with Crippen molar-refractivity contribution in [3.63, 3.8) is 0 Å². The summed E-state index contributed by atoms with van der Waals surface area (Å²) in [6, 6.07) is 0. The number of hydrogen-bond acceptors (Lipinski definition) is 2.